The molecule has 0 radical (unpaired) electrons. The van der Waals surface area contributed by atoms with Gasteiger partial charge in [-0.3, -0.25) is 4.79 Å². The van der Waals surface area contributed by atoms with Crippen LogP contribution in [0.25, 0.3) is 10.9 Å². The number of benzene rings is 2. The van der Waals surface area contributed by atoms with E-state index in [1.54, 1.807) is 0 Å². The predicted molar refractivity (Wildman–Crippen MR) is 122 cm³/mol. The fourth-order valence-corrected chi connectivity index (χ4v) is 3.94. The van der Waals surface area contributed by atoms with Crippen molar-refractivity contribution in [1.82, 2.24) is 9.88 Å². The van der Waals surface area contributed by atoms with Crippen LogP contribution >= 0.6 is 11.6 Å². The summed E-state index contributed by atoms with van der Waals surface area (Å²) >= 11 is 6.16. The Bertz CT molecular complexity index is 1040. The van der Waals surface area contributed by atoms with E-state index < -0.39 is 0 Å². The number of hydrogen-bond acceptors (Lipinski definition) is 3. The lowest BCUT2D eigenvalue weighted by Crippen LogP contribution is -2.28. The van der Waals surface area contributed by atoms with E-state index in [2.05, 4.69) is 5.32 Å². The fraction of sp³-hybridized carbons (Fsp3) is 0.375. The Morgan fingerprint density at radius 1 is 1.03 bits per heavy atom. The minimum absolute atomic E-state index is 0.0716. The summed E-state index contributed by atoms with van der Waals surface area (Å²) in [4.78, 5) is 13.0. The summed E-state index contributed by atoms with van der Waals surface area (Å²) < 4.78 is 13.3. The lowest BCUT2D eigenvalue weighted by atomic mass is 10.1. The first kappa shape index (κ1) is 22.0. The summed E-state index contributed by atoms with van der Waals surface area (Å²) in [5.41, 5.74) is 3.75. The molecule has 1 heterocycles. The van der Waals surface area contributed by atoms with E-state index >= 15 is 0 Å². The second-order valence-corrected chi connectivity index (χ2v) is 7.47. The average molecular weight is 429 g/mol. The van der Waals surface area contributed by atoms with Gasteiger partial charge in [-0.1, -0.05) is 17.7 Å². The second-order valence-electron chi connectivity index (χ2n) is 7.03. The van der Waals surface area contributed by atoms with Crippen molar-refractivity contribution in [3.63, 3.8) is 0 Å². The van der Waals surface area contributed by atoms with E-state index in [-0.39, 0.29) is 5.91 Å². The molecule has 5 nitrogen and oxygen atoms in total. The minimum atomic E-state index is -0.0716. The molecule has 0 fully saturated rings. The van der Waals surface area contributed by atoms with E-state index in [1.165, 1.54) is 0 Å². The van der Waals surface area contributed by atoms with Crippen molar-refractivity contribution in [3.05, 3.63) is 58.2 Å². The van der Waals surface area contributed by atoms with Crippen LogP contribution in [0.15, 0.2) is 36.4 Å². The molecule has 0 aliphatic carbocycles. The zero-order chi connectivity index (χ0) is 21.7. The zero-order valence-corrected chi connectivity index (χ0v) is 18.8. The minimum Gasteiger partial charge on any atom is -0.490 e. The third-order valence-corrected chi connectivity index (χ3v) is 5.35. The molecule has 3 rings (SSSR count). The normalized spacial score (nSPS) is 11.0. The van der Waals surface area contributed by atoms with Gasteiger partial charge in [0.25, 0.3) is 5.91 Å². The molecule has 160 valence electrons. The van der Waals surface area contributed by atoms with Crippen LogP contribution in [-0.2, 0) is 13.0 Å². The van der Waals surface area contributed by atoms with Crippen LogP contribution in [0, 0.1) is 6.92 Å². The van der Waals surface area contributed by atoms with Crippen LogP contribution in [0.3, 0.4) is 0 Å². The monoisotopic (exact) mass is 428 g/mol. The first-order chi connectivity index (χ1) is 14.5. The molecule has 0 unspecified atom stereocenters. The van der Waals surface area contributed by atoms with Crippen molar-refractivity contribution in [3.8, 4) is 11.5 Å². The molecule has 0 aliphatic rings. The van der Waals surface area contributed by atoms with E-state index in [0.29, 0.717) is 43.4 Å². The number of nitrogens with one attached hydrogen (secondary N) is 1. The highest BCUT2D eigenvalue weighted by Crippen LogP contribution is 2.29. The van der Waals surface area contributed by atoms with Gasteiger partial charge < -0.3 is 19.4 Å². The van der Waals surface area contributed by atoms with E-state index in [1.807, 2.05) is 68.7 Å². The van der Waals surface area contributed by atoms with Crippen molar-refractivity contribution in [2.24, 2.45) is 0 Å². The highest BCUT2D eigenvalue weighted by molar-refractivity contribution is 6.31. The molecule has 0 saturated heterocycles. The molecule has 2 aromatic carbocycles. The van der Waals surface area contributed by atoms with Gasteiger partial charge in [-0.25, -0.2) is 0 Å². The Morgan fingerprint density at radius 2 is 1.77 bits per heavy atom. The van der Waals surface area contributed by atoms with Gasteiger partial charge in [0, 0.05) is 29.0 Å². The Morgan fingerprint density at radius 3 is 2.47 bits per heavy atom. The number of rotatable bonds is 9. The van der Waals surface area contributed by atoms with Crippen LogP contribution < -0.4 is 14.8 Å². The lowest BCUT2D eigenvalue weighted by molar-refractivity contribution is 0.0945. The molecule has 1 aromatic heterocycles. The van der Waals surface area contributed by atoms with Crippen molar-refractivity contribution in [1.29, 1.82) is 0 Å². The van der Waals surface area contributed by atoms with Crippen molar-refractivity contribution in [2.45, 2.75) is 40.7 Å². The quantitative estimate of drug-likeness (QED) is 0.497. The van der Waals surface area contributed by atoms with E-state index in [0.717, 1.165) is 33.5 Å². The Labute approximate surface area is 182 Å². The largest absolute Gasteiger partial charge is 0.490 e. The molecule has 30 heavy (non-hydrogen) atoms. The highest BCUT2D eigenvalue weighted by atomic mass is 35.5. The molecule has 0 saturated carbocycles. The van der Waals surface area contributed by atoms with Gasteiger partial charge >= 0.3 is 0 Å². The zero-order valence-electron chi connectivity index (χ0n) is 18.0. The SMILES string of the molecule is CCOc1ccc(CCNC(=O)c2c(C)c3cc(Cl)ccc3n2CC)cc1OCC. The van der Waals surface area contributed by atoms with Crippen LogP contribution in [0.4, 0.5) is 0 Å². The Balaban J connectivity index is 1.74. The number of carbonyl (C=O) groups is 1. The predicted octanol–water partition coefficient (Wildman–Crippen LogP) is 5.39. The standard InChI is InChI=1S/C24H29ClN2O3/c1-5-27-20-10-9-18(25)15-19(20)16(4)23(27)24(28)26-13-12-17-8-11-21(29-6-2)22(14-17)30-7-3/h8-11,14-15H,5-7,12-13H2,1-4H3,(H,26,28). The number of amides is 1. The smallest absolute Gasteiger partial charge is 0.268 e. The molecule has 0 spiro atoms. The van der Waals surface area contributed by atoms with Gasteiger partial charge in [-0.2, -0.15) is 0 Å². The molecular weight excluding hydrogens is 400 g/mol. The third-order valence-electron chi connectivity index (χ3n) is 5.12. The first-order valence-electron chi connectivity index (χ1n) is 10.4. The van der Waals surface area contributed by atoms with Gasteiger partial charge in [0.1, 0.15) is 5.69 Å². The summed E-state index contributed by atoms with van der Waals surface area (Å²) in [6, 6.07) is 11.7. The van der Waals surface area contributed by atoms with Crippen LogP contribution in [0.2, 0.25) is 5.02 Å². The topological polar surface area (TPSA) is 52.5 Å². The number of fused-ring (bicyclic) bond motifs is 1. The maximum Gasteiger partial charge on any atom is 0.268 e. The number of aromatic nitrogens is 1. The number of ether oxygens (including phenoxy) is 2. The molecule has 0 bridgehead atoms. The average Bonchev–Trinajstić information content (AvgIpc) is 3.01. The summed E-state index contributed by atoms with van der Waals surface area (Å²) in [6.07, 6.45) is 0.704. The first-order valence-corrected chi connectivity index (χ1v) is 10.8. The van der Waals surface area contributed by atoms with E-state index in [9.17, 15) is 4.79 Å². The molecule has 1 amide bonds. The van der Waals surface area contributed by atoms with Gasteiger partial charge in [0.2, 0.25) is 0 Å². The maximum absolute atomic E-state index is 13.0. The number of aryl methyl sites for hydroxylation is 2. The van der Waals surface area contributed by atoms with Crippen LogP contribution in [-0.4, -0.2) is 30.2 Å². The molecule has 0 aliphatic heterocycles. The van der Waals surface area contributed by atoms with Gasteiger partial charge in [0.15, 0.2) is 11.5 Å². The fourth-order valence-electron chi connectivity index (χ4n) is 3.77. The summed E-state index contributed by atoms with van der Waals surface area (Å²) in [6.45, 7) is 10.3. The van der Waals surface area contributed by atoms with Gasteiger partial charge in [-0.15, -0.1) is 0 Å². The maximum atomic E-state index is 13.0. The Kier molecular flexibility index (Phi) is 7.27. The molecule has 1 N–H and O–H groups in total. The number of nitrogens with zero attached hydrogens (tertiary/aromatic N) is 1. The van der Waals surface area contributed by atoms with Crippen molar-refractivity contribution in [2.75, 3.05) is 19.8 Å². The highest BCUT2D eigenvalue weighted by Gasteiger charge is 2.19. The summed E-state index contributed by atoms with van der Waals surface area (Å²) in [7, 11) is 0. The number of hydrogen-bond donors (Lipinski definition) is 1. The van der Waals surface area contributed by atoms with Crippen molar-refractivity contribution < 1.29 is 14.3 Å². The lowest BCUT2D eigenvalue weighted by Gasteiger charge is -2.13. The number of carbonyl (C=O) groups excluding carboxylic acids is 1. The molecule has 6 heteroatoms. The van der Waals surface area contributed by atoms with Crippen LogP contribution in [0.1, 0.15) is 42.4 Å². The van der Waals surface area contributed by atoms with Crippen molar-refractivity contribution >= 4 is 28.4 Å². The van der Waals surface area contributed by atoms with Gasteiger partial charge in [-0.05, 0) is 75.6 Å². The van der Waals surface area contributed by atoms with E-state index in [4.69, 9.17) is 21.1 Å². The third kappa shape index (κ3) is 4.57. The number of halogens is 1. The molecular formula is C24H29ClN2O3. The summed E-state index contributed by atoms with van der Waals surface area (Å²) in [5, 5.41) is 4.75. The second kappa shape index (κ2) is 9.90. The summed E-state index contributed by atoms with van der Waals surface area (Å²) in [5.74, 6) is 1.41. The van der Waals surface area contributed by atoms with Crippen LogP contribution in [0.5, 0.6) is 11.5 Å². The molecule has 3 aromatic rings. The molecule has 0 atom stereocenters. The van der Waals surface area contributed by atoms with Gasteiger partial charge in [0.05, 0.1) is 13.2 Å². The Hall–Kier alpha value is -2.66.